The molecule has 5 nitrogen and oxygen atoms in total. The molecule has 0 atom stereocenters. The summed E-state index contributed by atoms with van der Waals surface area (Å²) < 4.78 is 0.926. The van der Waals surface area contributed by atoms with Gasteiger partial charge in [0, 0.05) is 10.2 Å². The summed E-state index contributed by atoms with van der Waals surface area (Å²) in [7, 11) is 0. The highest BCUT2D eigenvalue weighted by Gasteiger charge is 2.10. The minimum absolute atomic E-state index is 0.267. The van der Waals surface area contributed by atoms with Gasteiger partial charge in [-0.1, -0.05) is 37.3 Å². The van der Waals surface area contributed by atoms with E-state index in [1.807, 2.05) is 55.5 Å². The zero-order valence-electron chi connectivity index (χ0n) is 13.7. The van der Waals surface area contributed by atoms with Crippen LogP contribution in [0.3, 0.4) is 0 Å². The molecule has 0 aliphatic heterocycles. The molecule has 0 saturated carbocycles. The number of hydrogen-bond donors (Lipinski definition) is 2. The van der Waals surface area contributed by atoms with Crippen molar-refractivity contribution in [3.05, 3.63) is 76.7 Å². The fourth-order valence-corrected chi connectivity index (χ4v) is 2.73. The zero-order chi connectivity index (χ0) is 17.6. The Kier molecular flexibility index (Phi) is 5.40. The summed E-state index contributed by atoms with van der Waals surface area (Å²) in [6.07, 6.45) is 3.85. The number of carbonyl (C=O) groups excluding carboxylic acids is 1. The van der Waals surface area contributed by atoms with Crippen LogP contribution in [-0.2, 0) is 6.42 Å². The Morgan fingerprint density at radius 3 is 2.40 bits per heavy atom. The maximum Gasteiger partial charge on any atom is 0.275 e. The lowest BCUT2D eigenvalue weighted by Gasteiger charge is -2.10. The molecule has 2 aromatic carbocycles. The van der Waals surface area contributed by atoms with Gasteiger partial charge < -0.3 is 10.6 Å². The number of rotatable bonds is 5. The van der Waals surface area contributed by atoms with Gasteiger partial charge in [-0.15, -0.1) is 0 Å². The van der Waals surface area contributed by atoms with Gasteiger partial charge in [-0.2, -0.15) is 0 Å². The molecular weight excluding hydrogens is 380 g/mol. The van der Waals surface area contributed by atoms with Crippen LogP contribution in [0.1, 0.15) is 23.0 Å². The maximum absolute atomic E-state index is 12.4. The van der Waals surface area contributed by atoms with Crippen molar-refractivity contribution in [1.29, 1.82) is 0 Å². The number of aromatic nitrogens is 2. The fraction of sp³-hybridized carbons (Fsp3) is 0.105. The number of amides is 1. The lowest BCUT2D eigenvalue weighted by atomic mass is 10.1. The molecule has 6 heteroatoms. The Labute approximate surface area is 154 Å². The third-order valence-corrected chi connectivity index (χ3v) is 4.36. The van der Waals surface area contributed by atoms with Gasteiger partial charge >= 0.3 is 0 Å². The minimum Gasteiger partial charge on any atom is -0.338 e. The summed E-state index contributed by atoms with van der Waals surface area (Å²) in [6, 6.07) is 15.4. The van der Waals surface area contributed by atoms with Crippen molar-refractivity contribution in [2.75, 3.05) is 10.6 Å². The Morgan fingerprint density at radius 1 is 1.00 bits per heavy atom. The molecule has 0 fully saturated rings. The summed E-state index contributed by atoms with van der Waals surface area (Å²) in [5.41, 5.74) is 3.03. The molecule has 3 rings (SSSR count). The van der Waals surface area contributed by atoms with Crippen LogP contribution >= 0.6 is 15.9 Å². The molecule has 126 valence electrons. The molecular formula is C19H17BrN4O. The summed E-state index contributed by atoms with van der Waals surface area (Å²) in [6.45, 7) is 2.05. The second-order valence-corrected chi connectivity index (χ2v) is 6.21. The van der Waals surface area contributed by atoms with Gasteiger partial charge in [-0.25, -0.2) is 9.97 Å². The quantitative estimate of drug-likeness (QED) is 0.649. The standard InChI is InChI=1S/C19H17BrN4O/c1-2-13-7-3-5-9-15(13)24-19(25)17-11-22-18(12-21-17)23-16-10-6-4-8-14(16)20/h3-12H,2H2,1H3,(H,22,23)(H,24,25). The molecule has 0 radical (unpaired) electrons. The van der Waals surface area contributed by atoms with Crippen molar-refractivity contribution in [3.8, 4) is 0 Å². The van der Waals surface area contributed by atoms with E-state index >= 15 is 0 Å². The van der Waals surface area contributed by atoms with Crippen molar-refractivity contribution in [3.63, 3.8) is 0 Å². The van der Waals surface area contributed by atoms with Gasteiger partial charge in [0.05, 0.1) is 18.1 Å². The van der Waals surface area contributed by atoms with Gasteiger partial charge in [-0.3, -0.25) is 4.79 Å². The summed E-state index contributed by atoms with van der Waals surface area (Å²) in [4.78, 5) is 20.8. The number of carbonyl (C=O) groups is 1. The second-order valence-electron chi connectivity index (χ2n) is 5.36. The van der Waals surface area contributed by atoms with Crippen molar-refractivity contribution < 1.29 is 4.79 Å². The third kappa shape index (κ3) is 4.22. The number of anilines is 3. The monoisotopic (exact) mass is 396 g/mol. The van der Waals surface area contributed by atoms with E-state index in [0.29, 0.717) is 5.82 Å². The average Bonchev–Trinajstić information content (AvgIpc) is 2.64. The second kappa shape index (κ2) is 7.90. The Hall–Kier alpha value is -2.73. The predicted octanol–water partition coefficient (Wildman–Crippen LogP) is 4.80. The van der Waals surface area contributed by atoms with Crippen molar-refractivity contribution in [1.82, 2.24) is 9.97 Å². The number of para-hydroxylation sites is 2. The van der Waals surface area contributed by atoms with Crippen LogP contribution in [0, 0.1) is 0 Å². The summed E-state index contributed by atoms with van der Waals surface area (Å²) >= 11 is 3.47. The van der Waals surface area contributed by atoms with Crippen LogP contribution in [0.2, 0.25) is 0 Å². The van der Waals surface area contributed by atoms with Crippen LogP contribution in [0.4, 0.5) is 17.2 Å². The largest absolute Gasteiger partial charge is 0.338 e. The highest BCUT2D eigenvalue weighted by molar-refractivity contribution is 9.10. The normalized spacial score (nSPS) is 10.3. The Balaban J connectivity index is 1.71. The first kappa shape index (κ1) is 17.1. The molecule has 1 amide bonds. The van der Waals surface area contributed by atoms with E-state index in [1.54, 1.807) is 6.20 Å². The van der Waals surface area contributed by atoms with Crippen molar-refractivity contribution >= 4 is 39.0 Å². The van der Waals surface area contributed by atoms with Crippen LogP contribution < -0.4 is 10.6 Å². The van der Waals surface area contributed by atoms with E-state index < -0.39 is 0 Å². The lowest BCUT2D eigenvalue weighted by molar-refractivity contribution is 0.102. The highest BCUT2D eigenvalue weighted by atomic mass is 79.9. The Bertz CT molecular complexity index is 881. The smallest absolute Gasteiger partial charge is 0.275 e. The third-order valence-electron chi connectivity index (χ3n) is 3.67. The number of halogens is 1. The van der Waals surface area contributed by atoms with E-state index in [2.05, 4.69) is 36.5 Å². The van der Waals surface area contributed by atoms with E-state index in [1.165, 1.54) is 6.20 Å². The number of nitrogens with one attached hydrogen (secondary N) is 2. The van der Waals surface area contributed by atoms with Gasteiger partial charge in [0.25, 0.3) is 5.91 Å². The van der Waals surface area contributed by atoms with E-state index in [0.717, 1.165) is 27.8 Å². The fourth-order valence-electron chi connectivity index (χ4n) is 2.35. The average molecular weight is 397 g/mol. The van der Waals surface area contributed by atoms with Gasteiger partial charge in [0.2, 0.25) is 0 Å². The highest BCUT2D eigenvalue weighted by Crippen LogP contribution is 2.24. The topological polar surface area (TPSA) is 66.9 Å². The first-order valence-corrected chi connectivity index (χ1v) is 8.69. The van der Waals surface area contributed by atoms with E-state index in [9.17, 15) is 4.79 Å². The molecule has 3 aromatic rings. The molecule has 0 unspecified atom stereocenters. The number of aryl methyl sites for hydroxylation is 1. The number of benzene rings is 2. The van der Waals surface area contributed by atoms with Gasteiger partial charge in [-0.05, 0) is 46.1 Å². The molecule has 2 N–H and O–H groups in total. The molecule has 0 bridgehead atoms. The maximum atomic E-state index is 12.4. The van der Waals surface area contributed by atoms with E-state index in [-0.39, 0.29) is 11.6 Å². The molecule has 0 aliphatic rings. The first-order valence-electron chi connectivity index (χ1n) is 7.90. The summed E-state index contributed by atoms with van der Waals surface area (Å²) in [5.74, 6) is 0.290. The van der Waals surface area contributed by atoms with Gasteiger partial charge in [0.1, 0.15) is 11.5 Å². The SMILES string of the molecule is CCc1ccccc1NC(=O)c1cnc(Nc2ccccc2Br)cn1. The molecule has 0 spiro atoms. The van der Waals surface area contributed by atoms with Crippen LogP contribution in [-0.4, -0.2) is 15.9 Å². The zero-order valence-corrected chi connectivity index (χ0v) is 15.2. The molecule has 1 aromatic heterocycles. The predicted molar refractivity (Wildman–Crippen MR) is 103 cm³/mol. The van der Waals surface area contributed by atoms with Crippen molar-refractivity contribution in [2.24, 2.45) is 0 Å². The number of hydrogen-bond acceptors (Lipinski definition) is 4. The Morgan fingerprint density at radius 2 is 1.72 bits per heavy atom. The summed E-state index contributed by atoms with van der Waals surface area (Å²) in [5, 5.41) is 6.04. The first-order chi connectivity index (χ1) is 12.2. The minimum atomic E-state index is -0.277. The lowest BCUT2D eigenvalue weighted by Crippen LogP contribution is -2.15. The van der Waals surface area contributed by atoms with E-state index in [4.69, 9.17) is 0 Å². The number of nitrogens with zero attached hydrogens (tertiary/aromatic N) is 2. The van der Waals surface area contributed by atoms with Crippen LogP contribution in [0.5, 0.6) is 0 Å². The van der Waals surface area contributed by atoms with Crippen LogP contribution in [0.25, 0.3) is 0 Å². The molecule has 1 heterocycles. The van der Waals surface area contributed by atoms with Crippen molar-refractivity contribution in [2.45, 2.75) is 13.3 Å². The molecule has 25 heavy (non-hydrogen) atoms. The molecule has 0 saturated heterocycles. The van der Waals surface area contributed by atoms with Gasteiger partial charge in [0.15, 0.2) is 0 Å². The van der Waals surface area contributed by atoms with Crippen LogP contribution in [0.15, 0.2) is 65.4 Å². The molecule has 0 aliphatic carbocycles.